The first kappa shape index (κ1) is 11.3. The predicted molar refractivity (Wildman–Crippen MR) is 51.8 cm³/mol. The number of rotatable bonds is 6. The van der Waals surface area contributed by atoms with Gasteiger partial charge in [0.05, 0.1) is 6.61 Å². The molecule has 0 radical (unpaired) electrons. The highest BCUT2D eigenvalue weighted by molar-refractivity contribution is 7.99. The molecule has 0 saturated carbocycles. The Kier molecular flexibility index (Phi) is 7.12. The molecule has 0 spiro atoms. The maximum atomic E-state index is 8.62. The van der Waals surface area contributed by atoms with Gasteiger partial charge < -0.3 is 10.8 Å². The highest BCUT2D eigenvalue weighted by Crippen LogP contribution is 2.11. The molecule has 0 aromatic heterocycles. The van der Waals surface area contributed by atoms with E-state index in [9.17, 15) is 0 Å². The number of hydrogen-bond acceptors (Lipinski definition) is 3. The van der Waals surface area contributed by atoms with Gasteiger partial charge in [0, 0.05) is 11.8 Å². The van der Waals surface area contributed by atoms with Crippen LogP contribution in [0.3, 0.4) is 0 Å². The molecule has 68 valence electrons. The molecular weight excluding hydrogens is 158 g/mol. The summed E-state index contributed by atoms with van der Waals surface area (Å²) >= 11 is 1.83. The smallest absolute Gasteiger partial charge is 0.0590 e. The Morgan fingerprint density at radius 3 is 2.55 bits per heavy atom. The minimum absolute atomic E-state index is 0.0379. The Balaban J connectivity index is 3.13. The molecule has 3 N–H and O–H groups in total. The second-order valence-corrected chi connectivity index (χ2v) is 4.07. The summed E-state index contributed by atoms with van der Waals surface area (Å²) in [4.78, 5) is 0. The molecular formula is C8H19NOS. The fourth-order valence-electron chi connectivity index (χ4n) is 0.591. The molecule has 0 rings (SSSR count). The topological polar surface area (TPSA) is 46.2 Å². The number of thioether (sulfide) groups is 1. The fraction of sp³-hybridized carbons (Fsp3) is 1.00. The van der Waals surface area contributed by atoms with Crippen molar-refractivity contribution in [3.8, 4) is 0 Å². The summed E-state index contributed by atoms with van der Waals surface area (Å²) in [6, 6.07) is -0.0379. The summed E-state index contributed by atoms with van der Waals surface area (Å²) in [6.45, 7) is 4.53. The standard InChI is InChI=1S/C8H19NOS/c1-3-7(2)5-11-6-8(9)4-10/h7-8,10H,3-6,9H2,1-2H3. The lowest BCUT2D eigenvalue weighted by molar-refractivity contribution is 0.275. The highest BCUT2D eigenvalue weighted by Gasteiger charge is 2.02. The van der Waals surface area contributed by atoms with Gasteiger partial charge in [-0.1, -0.05) is 20.3 Å². The molecule has 3 heteroatoms. The van der Waals surface area contributed by atoms with Crippen LogP contribution in [0.15, 0.2) is 0 Å². The quantitative estimate of drug-likeness (QED) is 0.638. The van der Waals surface area contributed by atoms with E-state index in [0.29, 0.717) is 0 Å². The lowest BCUT2D eigenvalue weighted by Crippen LogP contribution is -2.27. The zero-order valence-corrected chi connectivity index (χ0v) is 8.23. The first-order chi connectivity index (χ1) is 5.20. The van der Waals surface area contributed by atoms with Gasteiger partial charge in [0.2, 0.25) is 0 Å². The Labute approximate surface area is 73.6 Å². The molecule has 2 nitrogen and oxygen atoms in total. The van der Waals surface area contributed by atoms with Crippen molar-refractivity contribution in [3.63, 3.8) is 0 Å². The van der Waals surface area contributed by atoms with E-state index in [4.69, 9.17) is 10.8 Å². The first-order valence-corrected chi connectivity index (χ1v) is 5.30. The molecule has 0 fully saturated rings. The number of nitrogens with two attached hydrogens (primary N) is 1. The minimum atomic E-state index is -0.0379. The van der Waals surface area contributed by atoms with Crippen LogP contribution in [-0.4, -0.2) is 29.3 Å². The van der Waals surface area contributed by atoms with E-state index in [1.807, 2.05) is 11.8 Å². The molecule has 0 aliphatic rings. The summed E-state index contributed by atoms with van der Waals surface area (Å²) < 4.78 is 0. The average molecular weight is 177 g/mol. The number of aliphatic hydroxyl groups excluding tert-OH is 1. The van der Waals surface area contributed by atoms with Gasteiger partial charge in [-0.2, -0.15) is 11.8 Å². The largest absolute Gasteiger partial charge is 0.395 e. The van der Waals surface area contributed by atoms with Gasteiger partial charge in [-0.05, 0) is 11.7 Å². The summed E-state index contributed by atoms with van der Waals surface area (Å²) in [7, 11) is 0. The van der Waals surface area contributed by atoms with Gasteiger partial charge in [-0.3, -0.25) is 0 Å². The van der Waals surface area contributed by atoms with Crippen LogP contribution in [0.2, 0.25) is 0 Å². The van der Waals surface area contributed by atoms with E-state index in [1.54, 1.807) is 0 Å². The van der Waals surface area contributed by atoms with Crippen LogP contribution in [0, 0.1) is 5.92 Å². The third-order valence-corrected chi connectivity index (χ3v) is 3.13. The van der Waals surface area contributed by atoms with E-state index in [0.717, 1.165) is 17.4 Å². The summed E-state index contributed by atoms with van der Waals surface area (Å²) in [6.07, 6.45) is 1.22. The van der Waals surface area contributed by atoms with E-state index in [2.05, 4.69) is 13.8 Å². The highest BCUT2D eigenvalue weighted by atomic mass is 32.2. The zero-order valence-electron chi connectivity index (χ0n) is 7.42. The van der Waals surface area contributed by atoms with Crippen molar-refractivity contribution in [2.45, 2.75) is 26.3 Å². The van der Waals surface area contributed by atoms with E-state index < -0.39 is 0 Å². The van der Waals surface area contributed by atoms with Gasteiger partial charge in [0.25, 0.3) is 0 Å². The lowest BCUT2D eigenvalue weighted by Gasteiger charge is -2.10. The van der Waals surface area contributed by atoms with Crippen LogP contribution in [0.5, 0.6) is 0 Å². The molecule has 0 aromatic rings. The molecule has 0 aromatic carbocycles. The van der Waals surface area contributed by atoms with Crippen molar-refractivity contribution in [1.29, 1.82) is 0 Å². The second-order valence-electron chi connectivity index (χ2n) is 2.99. The monoisotopic (exact) mass is 177 g/mol. The van der Waals surface area contributed by atoms with Crippen LogP contribution in [0.4, 0.5) is 0 Å². The summed E-state index contributed by atoms with van der Waals surface area (Å²) in [5, 5.41) is 8.62. The Bertz CT molecular complexity index is 80.2. The first-order valence-electron chi connectivity index (χ1n) is 4.14. The zero-order chi connectivity index (χ0) is 8.69. The molecule has 0 bridgehead atoms. The Morgan fingerprint density at radius 1 is 1.45 bits per heavy atom. The van der Waals surface area contributed by atoms with Crippen molar-refractivity contribution in [2.75, 3.05) is 18.1 Å². The van der Waals surface area contributed by atoms with Crippen LogP contribution in [0.1, 0.15) is 20.3 Å². The molecule has 11 heavy (non-hydrogen) atoms. The molecule has 0 aliphatic carbocycles. The van der Waals surface area contributed by atoms with Gasteiger partial charge in [0.15, 0.2) is 0 Å². The lowest BCUT2D eigenvalue weighted by atomic mass is 10.2. The fourth-order valence-corrected chi connectivity index (χ4v) is 1.77. The maximum absolute atomic E-state index is 8.62. The Hall–Kier alpha value is 0.270. The molecule has 0 heterocycles. The summed E-state index contributed by atoms with van der Waals surface area (Å²) in [5.74, 6) is 2.80. The van der Waals surface area contributed by atoms with Crippen molar-refractivity contribution < 1.29 is 5.11 Å². The second kappa shape index (κ2) is 6.95. The van der Waals surface area contributed by atoms with Crippen molar-refractivity contribution in [2.24, 2.45) is 11.7 Å². The van der Waals surface area contributed by atoms with Gasteiger partial charge in [-0.25, -0.2) is 0 Å². The number of aliphatic hydroxyl groups is 1. The normalized spacial score (nSPS) is 16.4. The van der Waals surface area contributed by atoms with Gasteiger partial charge in [0.1, 0.15) is 0 Å². The van der Waals surface area contributed by atoms with Crippen LogP contribution < -0.4 is 5.73 Å². The third kappa shape index (κ3) is 6.66. The van der Waals surface area contributed by atoms with E-state index in [-0.39, 0.29) is 12.6 Å². The molecule has 0 aliphatic heterocycles. The molecule has 0 amide bonds. The number of hydrogen-bond donors (Lipinski definition) is 2. The maximum Gasteiger partial charge on any atom is 0.0590 e. The minimum Gasteiger partial charge on any atom is -0.395 e. The van der Waals surface area contributed by atoms with Crippen molar-refractivity contribution >= 4 is 11.8 Å². The van der Waals surface area contributed by atoms with Crippen LogP contribution >= 0.6 is 11.8 Å². The average Bonchev–Trinajstić information content (AvgIpc) is 2.04. The molecule has 2 unspecified atom stereocenters. The molecule has 0 saturated heterocycles. The Morgan fingerprint density at radius 2 is 2.09 bits per heavy atom. The van der Waals surface area contributed by atoms with Crippen molar-refractivity contribution in [3.05, 3.63) is 0 Å². The SMILES string of the molecule is CCC(C)CSCC(N)CO. The molecule has 2 atom stereocenters. The predicted octanol–water partition coefficient (Wildman–Crippen LogP) is 1.09. The van der Waals surface area contributed by atoms with Crippen LogP contribution in [0.25, 0.3) is 0 Å². The van der Waals surface area contributed by atoms with E-state index >= 15 is 0 Å². The van der Waals surface area contributed by atoms with Gasteiger partial charge >= 0.3 is 0 Å². The summed E-state index contributed by atoms with van der Waals surface area (Å²) in [5.41, 5.74) is 5.53. The van der Waals surface area contributed by atoms with Crippen molar-refractivity contribution in [1.82, 2.24) is 0 Å². The third-order valence-electron chi connectivity index (χ3n) is 1.67. The van der Waals surface area contributed by atoms with E-state index in [1.165, 1.54) is 6.42 Å². The van der Waals surface area contributed by atoms with Gasteiger partial charge in [-0.15, -0.1) is 0 Å². The van der Waals surface area contributed by atoms with Crippen LogP contribution in [-0.2, 0) is 0 Å².